The van der Waals surface area contributed by atoms with Crippen molar-refractivity contribution in [3.63, 3.8) is 0 Å². The van der Waals surface area contributed by atoms with Gasteiger partial charge in [-0.1, -0.05) is 54.6 Å². The summed E-state index contributed by atoms with van der Waals surface area (Å²) in [5, 5.41) is 5.18. The monoisotopic (exact) mass is 293 g/mol. The Hall–Kier alpha value is 0.0500. The van der Waals surface area contributed by atoms with E-state index in [0.717, 1.165) is 12.0 Å². The third-order valence-corrected chi connectivity index (χ3v) is 3.95. The Morgan fingerprint density at radius 1 is 1.18 bits per heavy atom. The van der Waals surface area contributed by atoms with E-state index in [4.69, 9.17) is 34.8 Å². The zero-order valence-corrected chi connectivity index (χ0v) is 12.5. The second kappa shape index (κ2) is 7.48. The molecule has 0 bridgehead atoms. The van der Waals surface area contributed by atoms with E-state index in [2.05, 4.69) is 19.2 Å². The lowest BCUT2D eigenvalue weighted by atomic mass is 10.1. The highest BCUT2D eigenvalue weighted by Gasteiger charge is 2.10. The predicted molar refractivity (Wildman–Crippen MR) is 77.3 cm³/mol. The molecule has 17 heavy (non-hydrogen) atoms. The minimum atomic E-state index is 0.459. The second-order valence-electron chi connectivity index (χ2n) is 4.25. The minimum Gasteiger partial charge on any atom is -0.310 e. The molecule has 0 aliphatic heterocycles. The van der Waals surface area contributed by atoms with Gasteiger partial charge in [0.05, 0.1) is 10.0 Å². The second-order valence-corrected chi connectivity index (χ2v) is 5.44. The van der Waals surface area contributed by atoms with Gasteiger partial charge < -0.3 is 5.32 Å². The van der Waals surface area contributed by atoms with Crippen molar-refractivity contribution in [3.8, 4) is 0 Å². The van der Waals surface area contributed by atoms with Gasteiger partial charge in [-0.25, -0.2) is 0 Å². The first-order valence-electron chi connectivity index (χ1n) is 5.92. The van der Waals surface area contributed by atoms with Crippen molar-refractivity contribution in [1.29, 1.82) is 0 Å². The van der Waals surface area contributed by atoms with Crippen LogP contribution in [0.3, 0.4) is 0 Å². The molecule has 1 unspecified atom stereocenters. The maximum atomic E-state index is 6.13. The maximum Gasteiger partial charge on any atom is 0.0652 e. The number of rotatable bonds is 6. The molecule has 1 atom stereocenters. The van der Waals surface area contributed by atoms with Gasteiger partial charge in [-0.2, -0.15) is 0 Å². The minimum absolute atomic E-state index is 0.459. The Morgan fingerprint density at radius 2 is 1.82 bits per heavy atom. The normalized spacial score (nSPS) is 12.8. The quantitative estimate of drug-likeness (QED) is 0.701. The molecular weight excluding hydrogens is 277 g/mol. The Bertz CT molecular complexity index is 366. The van der Waals surface area contributed by atoms with Crippen molar-refractivity contribution in [1.82, 2.24) is 5.32 Å². The summed E-state index contributed by atoms with van der Waals surface area (Å²) in [5.74, 6) is 0. The highest BCUT2D eigenvalue weighted by Crippen LogP contribution is 2.31. The van der Waals surface area contributed by atoms with Crippen LogP contribution in [-0.4, -0.2) is 6.04 Å². The molecule has 0 fully saturated rings. The standard InChI is InChI=1S/C13H18Cl3N/c1-3-4-5-9(2)17-8-10-11(14)6-7-12(15)13(10)16/h6-7,9,17H,3-5,8H2,1-2H3. The van der Waals surface area contributed by atoms with Crippen LogP contribution in [0.15, 0.2) is 12.1 Å². The summed E-state index contributed by atoms with van der Waals surface area (Å²) in [6.45, 7) is 5.02. The summed E-state index contributed by atoms with van der Waals surface area (Å²) in [4.78, 5) is 0. The smallest absolute Gasteiger partial charge is 0.0652 e. The Morgan fingerprint density at radius 3 is 2.47 bits per heavy atom. The van der Waals surface area contributed by atoms with E-state index in [0.29, 0.717) is 27.7 Å². The average molecular weight is 295 g/mol. The van der Waals surface area contributed by atoms with Crippen molar-refractivity contribution >= 4 is 34.8 Å². The van der Waals surface area contributed by atoms with Crippen LogP contribution in [0.25, 0.3) is 0 Å². The van der Waals surface area contributed by atoms with E-state index in [1.807, 2.05) is 0 Å². The third kappa shape index (κ3) is 4.67. The van der Waals surface area contributed by atoms with Gasteiger partial charge in [0.2, 0.25) is 0 Å². The summed E-state index contributed by atoms with van der Waals surface area (Å²) in [6, 6.07) is 3.96. The Balaban J connectivity index is 2.60. The van der Waals surface area contributed by atoms with Gasteiger partial charge in [0.1, 0.15) is 0 Å². The molecule has 1 aromatic carbocycles. The van der Waals surface area contributed by atoms with Gasteiger partial charge in [-0.3, -0.25) is 0 Å². The summed E-state index contributed by atoms with van der Waals surface area (Å²) in [6.07, 6.45) is 3.60. The Kier molecular flexibility index (Phi) is 6.65. The van der Waals surface area contributed by atoms with Crippen molar-refractivity contribution in [2.75, 3.05) is 0 Å². The number of benzene rings is 1. The molecule has 0 amide bonds. The van der Waals surface area contributed by atoms with Crippen molar-refractivity contribution in [3.05, 3.63) is 32.8 Å². The lowest BCUT2D eigenvalue weighted by molar-refractivity contribution is 0.495. The zero-order chi connectivity index (χ0) is 12.8. The first kappa shape index (κ1) is 15.1. The van der Waals surface area contributed by atoms with Crippen LogP contribution in [0, 0.1) is 0 Å². The zero-order valence-electron chi connectivity index (χ0n) is 10.2. The van der Waals surface area contributed by atoms with Gasteiger partial charge in [0.25, 0.3) is 0 Å². The third-order valence-electron chi connectivity index (χ3n) is 2.76. The van der Waals surface area contributed by atoms with Crippen LogP contribution >= 0.6 is 34.8 Å². The van der Waals surface area contributed by atoms with Crippen LogP contribution in [0.5, 0.6) is 0 Å². The number of hydrogen-bond donors (Lipinski definition) is 1. The van der Waals surface area contributed by atoms with Crippen LogP contribution in [0.4, 0.5) is 0 Å². The van der Waals surface area contributed by atoms with Crippen LogP contribution in [0.2, 0.25) is 15.1 Å². The number of hydrogen-bond acceptors (Lipinski definition) is 1. The molecule has 96 valence electrons. The molecule has 0 spiro atoms. The van der Waals surface area contributed by atoms with Crippen molar-refractivity contribution in [2.45, 2.75) is 45.7 Å². The molecule has 0 heterocycles. The first-order chi connectivity index (χ1) is 8.06. The topological polar surface area (TPSA) is 12.0 Å². The van der Waals surface area contributed by atoms with E-state index in [9.17, 15) is 0 Å². The highest BCUT2D eigenvalue weighted by atomic mass is 35.5. The molecule has 0 aliphatic carbocycles. The fourth-order valence-corrected chi connectivity index (χ4v) is 2.30. The molecule has 1 rings (SSSR count). The molecule has 0 saturated carbocycles. The molecule has 1 N–H and O–H groups in total. The molecule has 4 heteroatoms. The number of nitrogens with one attached hydrogen (secondary N) is 1. The molecule has 0 aliphatic rings. The van der Waals surface area contributed by atoms with E-state index in [1.165, 1.54) is 12.8 Å². The van der Waals surface area contributed by atoms with Crippen molar-refractivity contribution < 1.29 is 0 Å². The van der Waals surface area contributed by atoms with E-state index in [1.54, 1.807) is 12.1 Å². The molecule has 1 aromatic rings. The number of unbranched alkanes of at least 4 members (excludes halogenated alkanes) is 1. The molecule has 0 radical (unpaired) electrons. The summed E-state index contributed by atoms with van der Waals surface area (Å²) in [5.41, 5.74) is 0.879. The Labute approximate surface area is 118 Å². The first-order valence-corrected chi connectivity index (χ1v) is 7.05. The van der Waals surface area contributed by atoms with E-state index < -0.39 is 0 Å². The van der Waals surface area contributed by atoms with Crippen molar-refractivity contribution in [2.24, 2.45) is 0 Å². The molecular formula is C13H18Cl3N. The van der Waals surface area contributed by atoms with Gasteiger partial charge in [0.15, 0.2) is 0 Å². The molecule has 1 nitrogen and oxygen atoms in total. The van der Waals surface area contributed by atoms with E-state index in [-0.39, 0.29) is 0 Å². The van der Waals surface area contributed by atoms with Crippen LogP contribution < -0.4 is 5.32 Å². The summed E-state index contributed by atoms with van der Waals surface area (Å²) in [7, 11) is 0. The van der Waals surface area contributed by atoms with Gasteiger partial charge in [-0.05, 0) is 25.5 Å². The maximum absolute atomic E-state index is 6.13. The molecule has 0 aromatic heterocycles. The number of halogens is 3. The summed E-state index contributed by atoms with van der Waals surface area (Å²) < 4.78 is 0. The fourth-order valence-electron chi connectivity index (χ4n) is 1.62. The highest BCUT2D eigenvalue weighted by molar-refractivity contribution is 6.44. The SMILES string of the molecule is CCCCC(C)NCc1c(Cl)ccc(Cl)c1Cl. The van der Waals surface area contributed by atoms with Gasteiger partial charge in [-0.15, -0.1) is 0 Å². The predicted octanol–water partition coefficient (Wildman–Crippen LogP) is 5.32. The lowest BCUT2D eigenvalue weighted by Crippen LogP contribution is -2.25. The van der Waals surface area contributed by atoms with Gasteiger partial charge in [0, 0.05) is 23.2 Å². The summed E-state index contributed by atoms with van der Waals surface area (Å²) >= 11 is 18.2. The average Bonchev–Trinajstić information content (AvgIpc) is 2.31. The fraction of sp³-hybridized carbons (Fsp3) is 0.538. The largest absolute Gasteiger partial charge is 0.310 e. The van der Waals surface area contributed by atoms with E-state index >= 15 is 0 Å². The van der Waals surface area contributed by atoms with Gasteiger partial charge >= 0.3 is 0 Å². The van der Waals surface area contributed by atoms with Crippen LogP contribution in [0.1, 0.15) is 38.7 Å². The van der Waals surface area contributed by atoms with Crippen LogP contribution in [-0.2, 0) is 6.54 Å². The lowest BCUT2D eigenvalue weighted by Gasteiger charge is -2.15. The molecule has 0 saturated heterocycles.